The fourth-order valence-electron chi connectivity index (χ4n) is 4.18. The lowest BCUT2D eigenvalue weighted by molar-refractivity contribution is -0.121. The number of aromatic nitrogens is 1. The zero-order chi connectivity index (χ0) is 23.2. The second-order valence-electron chi connectivity index (χ2n) is 8.48. The van der Waals surface area contributed by atoms with Crippen LogP contribution in [0.15, 0.2) is 79.0 Å². The lowest BCUT2D eigenvalue weighted by Gasteiger charge is -2.20. The van der Waals surface area contributed by atoms with Crippen molar-refractivity contribution in [3.63, 3.8) is 0 Å². The van der Waals surface area contributed by atoms with Gasteiger partial charge in [-0.2, -0.15) is 0 Å². The van der Waals surface area contributed by atoms with Gasteiger partial charge in [-0.05, 0) is 53.4 Å². The van der Waals surface area contributed by atoms with Crippen LogP contribution in [0.3, 0.4) is 0 Å². The van der Waals surface area contributed by atoms with E-state index in [9.17, 15) is 4.79 Å². The Morgan fingerprint density at radius 1 is 1.03 bits per heavy atom. The van der Waals surface area contributed by atoms with Gasteiger partial charge >= 0.3 is 0 Å². The number of hydrogen-bond donors (Lipinski definition) is 2. The molecule has 1 amide bonds. The number of aromatic amines is 1. The van der Waals surface area contributed by atoms with Crippen molar-refractivity contribution in [2.75, 3.05) is 32.6 Å². The van der Waals surface area contributed by atoms with E-state index >= 15 is 0 Å². The van der Waals surface area contributed by atoms with E-state index in [1.54, 1.807) is 7.11 Å². The number of anilines is 1. The number of nitrogens with one attached hydrogen (secondary N) is 2. The molecular formula is C28H31N3O2. The van der Waals surface area contributed by atoms with Crippen LogP contribution in [0.1, 0.15) is 29.0 Å². The normalized spacial score (nSPS) is 11.8. The van der Waals surface area contributed by atoms with Crippen LogP contribution >= 0.6 is 0 Å². The highest BCUT2D eigenvalue weighted by Gasteiger charge is 2.19. The largest absolute Gasteiger partial charge is 0.497 e. The van der Waals surface area contributed by atoms with E-state index in [1.165, 1.54) is 16.5 Å². The Kier molecular flexibility index (Phi) is 6.98. The predicted octanol–water partition coefficient (Wildman–Crippen LogP) is 5.12. The van der Waals surface area contributed by atoms with E-state index in [0.29, 0.717) is 19.4 Å². The molecule has 0 saturated carbocycles. The molecular weight excluding hydrogens is 410 g/mol. The van der Waals surface area contributed by atoms with Crippen molar-refractivity contribution in [2.45, 2.75) is 18.8 Å². The van der Waals surface area contributed by atoms with Crippen LogP contribution in [-0.4, -0.2) is 38.6 Å². The van der Waals surface area contributed by atoms with Gasteiger partial charge in [0.2, 0.25) is 5.91 Å². The van der Waals surface area contributed by atoms with Crippen molar-refractivity contribution >= 4 is 22.5 Å². The van der Waals surface area contributed by atoms with E-state index in [-0.39, 0.29) is 11.8 Å². The third kappa shape index (κ3) is 5.37. The highest BCUT2D eigenvalue weighted by atomic mass is 16.5. The number of carbonyl (C=O) groups is 1. The summed E-state index contributed by atoms with van der Waals surface area (Å²) in [5.74, 6) is 0.916. The zero-order valence-electron chi connectivity index (χ0n) is 19.5. The molecule has 0 aliphatic heterocycles. The summed E-state index contributed by atoms with van der Waals surface area (Å²) in [6, 6.07) is 24.7. The fourth-order valence-corrected chi connectivity index (χ4v) is 4.18. The van der Waals surface area contributed by atoms with Gasteiger partial charge in [0.25, 0.3) is 0 Å². The smallest absolute Gasteiger partial charge is 0.220 e. The Hall–Kier alpha value is -3.73. The lowest BCUT2D eigenvalue weighted by Crippen LogP contribution is -2.29. The van der Waals surface area contributed by atoms with Crippen molar-refractivity contribution in [3.05, 3.63) is 95.7 Å². The average Bonchev–Trinajstić information content (AvgIpc) is 3.27. The van der Waals surface area contributed by atoms with Gasteiger partial charge in [0.05, 0.1) is 7.11 Å². The molecule has 1 aromatic heterocycles. The third-order valence-corrected chi connectivity index (χ3v) is 6.09. The third-order valence-electron chi connectivity index (χ3n) is 6.09. The van der Waals surface area contributed by atoms with E-state index in [4.69, 9.17) is 4.74 Å². The van der Waals surface area contributed by atoms with Crippen LogP contribution < -0.4 is 15.0 Å². The van der Waals surface area contributed by atoms with E-state index in [0.717, 1.165) is 22.5 Å². The average molecular weight is 442 g/mol. The number of nitrogens with zero attached hydrogens (tertiary/aromatic N) is 1. The molecule has 0 radical (unpaired) electrons. The molecule has 5 heteroatoms. The number of carbonyl (C=O) groups excluding carboxylic acids is 1. The molecule has 1 unspecified atom stereocenters. The van der Waals surface area contributed by atoms with Crippen molar-refractivity contribution in [2.24, 2.45) is 0 Å². The molecule has 0 saturated heterocycles. The SMILES string of the molecule is COc1cccc(CCC(=O)NCC(c2ccc(N(C)C)cc2)c2c[nH]c3ccccc23)c1. The first-order valence-corrected chi connectivity index (χ1v) is 11.3. The van der Waals surface area contributed by atoms with Crippen molar-refractivity contribution in [3.8, 4) is 5.75 Å². The van der Waals surface area contributed by atoms with Gasteiger partial charge in [0.1, 0.15) is 5.75 Å². The number of rotatable bonds is 9. The summed E-state index contributed by atoms with van der Waals surface area (Å²) in [5, 5.41) is 4.36. The number of H-pyrrole nitrogens is 1. The maximum Gasteiger partial charge on any atom is 0.220 e. The Bertz CT molecular complexity index is 1210. The van der Waals surface area contributed by atoms with Crippen molar-refractivity contribution < 1.29 is 9.53 Å². The molecule has 0 aliphatic carbocycles. The molecule has 170 valence electrons. The molecule has 4 rings (SSSR count). The Morgan fingerprint density at radius 3 is 2.58 bits per heavy atom. The molecule has 2 N–H and O–H groups in total. The zero-order valence-corrected chi connectivity index (χ0v) is 19.5. The maximum absolute atomic E-state index is 12.7. The molecule has 4 aromatic rings. The molecule has 0 fully saturated rings. The quantitative estimate of drug-likeness (QED) is 0.379. The number of methoxy groups -OCH3 is 1. The molecule has 0 aliphatic rings. The number of aryl methyl sites for hydroxylation is 1. The topological polar surface area (TPSA) is 57.4 Å². The fraction of sp³-hybridized carbons (Fsp3) is 0.250. The minimum atomic E-state index is 0.0487. The molecule has 1 heterocycles. The summed E-state index contributed by atoms with van der Waals surface area (Å²) in [5.41, 5.74) is 5.72. The van der Waals surface area contributed by atoms with Crippen molar-refractivity contribution in [1.29, 1.82) is 0 Å². The van der Waals surface area contributed by atoms with Crippen LogP contribution in [0.25, 0.3) is 10.9 Å². The summed E-state index contributed by atoms with van der Waals surface area (Å²) in [7, 11) is 5.73. The van der Waals surface area contributed by atoms with Gasteiger partial charge in [-0.3, -0.25) is 4.79 Å². The Labute approximate surface area is 195 Å². The number of amides is 1. The summed E-state index contributed by atoms with van der Waals surface area (Å²) in [6.45, 7) is 0.542. The summed E-state index contributed by atoms with van der Waals surface area (Å²) >= 11 is 0. The highest BCUT2D eigenvalue weighted by Crippen LogP contribution is 2.31. The van der Waals surface area contributed by atoms with Crippen LogP contribution in [0.2, 0.25) is 0 Å². The number of ether oxygens (including phenoxy) is 1. The van der Waals surface area contributed by atoms with Crippen LogP contribution in [0.5, 0.6) is 5.75 Å². The second kappa shape index (κ2) is 10.3. The van der Waals surface area contributed by atoms with Crippen molar-refractivity contribution in [1.82, 2.24) is 10.3 Å². The molecule has 3 aromatic carbocycles. The van der Waals surface area contributed by atoms with Gasteiger partial charge in [0, 0.05) is 55.8 Å². The second-order valence-corrected chi connectivity index (χ2v) is 8.48. The highest BCUT2D eigenvalue weighted by molar-refractivity contribution is 5.84. The molecule has 0 spiro atoms. The maximum atomic E-state index is 12.7. The molecule has 33 heavy (non-hydrogen) atoms. The van der Waals surface area contributed by atoms with Crippen LogP contribution in [-0.2, 0) is 11.2 Å². The number of fused-ring (bicyclic) bond motifs is 1. The molecule has 0 bridgehead atoms. The summed E-state index contributed by atoms with van der Waals surface area (Å²) in [6.07, 6.45) is 3.18. The summed E-state index contributed by atoms with van der Waals surface area (Å²) < 4.78 is 5.28. The first kappa shape index (κ1) is 22.5. The first-order chi connectivity index (χ1) is 16.0. The number of benzene rings is 3. The minimum absolute atomic E-state index is 0.0487. The van der Waals surface area contributed by atoms with Crippen LogP contribution in [0.4, 0.5) is 5.69 Å². The van der Waals surface area contributed by atoms with E-state index in [2.05, 4.69) is 63.9 Å². The number of hydrogen-bond acceptors (Lipinski definition) is 3. The van der Waals surface area contributed by atoms with Gasteiger partial charge < -0.3 is 19.9 Å². The Balaban J connectivity index is 1.50. The predicted molar refractivity (Wildman–Crippen MR) is 135 cm³/mol. The molecule has 5 nitrogen and oxygen atoms in total. The monoisotopic (exact) mass is 441 g/mol. The number of para-hydroxylation sites is 1. The lowest BCUT2D eigenvalue weighted by atomic mass is 9.90. The van der Waals surface area contributed by atoms with Gasteiger partial charge in [-0.15, -0.1) is 0 Å². The molecule has 1 atom stereocenters. The van der Waals surface area contributed by atoms with E-state index in [1.807, 2.05) is 44.4 Å². The van der Waals surface area contributed by atoms with Gasteiger partial charge in [-0.25, -0.2) is 0 Å². The standard InChI is InChI=1S/C28H31N3O2/c1-31(2)22-14-12-21(13-15-22)25(26-19-29-27-10-5-4-9-24(26)27)18-30-28(32)16-11-20-7-6-8-23(17-20)33-3/h4-10,12-15,17,19,25,29H,11,16,18H2,1-3H3,(H,30,32). The Morgan fingerprint density at radius 2 is 1.82 bits per heavy atom. The van der Waals surface area contributed by atoms with Gasteiger partial charge in [-0.1, -0.05) is 42.5 Å². The van der Waals surface area contributed by atoms with Gasteiger partial charge in [0.15, 0.2) is 0 Å². The first-order valence-electron chi connectivity index (χ1n) is 11.3. The summed E-state index contributed by atoms with van der Waals surface area (Å²) in [4.78, 5) is 18.2. The van der Waals surface area contributed by atoms with E-state index < -0.39 is 0 Å². The minimum Gasteiger partial charge on any atom is -0.497 e. The van der Waals surface area contributed by atoms with Crippen LogP contribution in [0, 0.1) is 0 Å².